The summed E-state index contributed by atoms with van der Waals surface area (Å²) in [5.41, 5.74) is 4.00. The minimum atomic E-state index is -0.295. The number of imidazole rings is 2. The quantitative estimate of drug-likeness (QED) is 0.462. The standard InChI is InChI=1S/C21H19FN6.C2H6/c1-21(2,3)12-27-13-25-19(14-4-6-15(22)7-5-14)20(27)17-8-9-18-24-11-16(10-23)28(18)26-17;1-2/h4-9,11,13H,12H2,1-3H3;1-2H3. The third kappa shape index (κ3) is 4.23. The second-order valence-electron chi connectivity index (χ2n) is 7.88. The second-order valence-corrected chi connectivity index (χ2v) is 7.88. The molecule has 0 bridgehead atoms. The number of rotatable bonds is 3. The fraction of sp³-hybridized carbons (Fsp3) is 0.304. The summed E-state index contributed by atoms with van der Waals surface area (Å²) in [4.78, 5) is 8.80. The van der Waals surface area contributed by atoms with Gasteiger partial charge < -0.3 is 4.57 Å². The van der Waals surface area contributed by atoms with Gasteiger partial charge >= 0.3 is 0 Å². The first-order valence-electron chi connectivity index (χ1n) is 9.92. The molecule has 6 nitrogen and oxygen atoms in total. The van der Waals surface area contributed by atoms with E-state index in [1.54, 1.807) is 18.5 Å². The van der Waals surface area contributed by atoms with Crippen LogP contribution < -0.4 is 0 Å². The third-order valence-corrected chi connectivity index (χ3v) is 4.32. The van der Waals surface area contributed by atoms with Gasteiger partial charge in [-0.15, -0.1) is 0 Å². The molecular formula is C23H25FN6. The molecule has 3 heterocycles. The number of hydrogen-bond donors (Lipinski definition) is 0. The van der Waals surface area contributed by atoms with E-state index in [4.69, 9.17) is 0 Å². The number of nitrogens with zero attached hydrogens (tertiary/aromatic N) is 6. The smallest absolute Gasteiger partial charge is 0.162 e. The summed E-state index contributed by atoms with van der Waals surface area (Å²) in [6, 6.07) is 12.0. The highest BCUT2D eigenvalue weighted by atomic mass is 19.1. The van der Waals surface area contributed by atoms with Gasteiger partial charge in [-0.05, 0) is 41.8 Å². The number of fused-ring (bicyclic) bond motifs is 1. The van der Waals surface area contributed by atoms with Crippen LogP contribution in [0.15, 0.2) is 48.9 Å². The van der Waals surface area contributed by atoms with Gasteiger partial charge in [0, 0.05) is 12.1 Å². The minimum absolute atomic E-state index is 0.0203. The van der Waals surface area contributed by atoms with E-state index in [-0.39, 0.29) is 11.2 Å². The normalized spacial score (nSPS) is 11.1. The van der Waals surface area contributed by atoms with Gasteiger partial charge in [0.05, 0.1) is 23.9 Å². The van der Waals surface area contributed by atoms with Crippen molar-refractivity contribution < 1.29 is 4.39 Å². The summed E-state index contributed by atoms with van der Waals surface area (Å²) in [6.45, 7) is 11.2. The van der Waals surface area contributed by atoms with Gasteiger partial charge in [-0.1, -0.05) is 34.6 Å². The molecular weight excluding hydrogens is 379 g/mol. The van der Waals surface area contributed by atoms with Gasteiger partial charge in [0.2, 0.25) is 0 Å². The number of halogens is 1. The average molecular weight is 404 g/mol. The molecule has 0 N–H and O–H groups in total. The lowest BCUT2D eigenvalue weighted by molar-refractivity contribution is 0.345. The Bertz CT molecular complexity index is 1190. The zero-order chi connectivity index (χ0) is 21.9. The van der Waals surface area contributed by atoms with E-state index >= 15 is 0 Å². The number of nitriles is 1. The molecule has 0 radical (unpaired) electrons. The molecule has 30 heavy (non-hydrogen) atoms. The Morgan fingerprint density at radius 3 is 2.37 bits per heavy atom. The summed E-state index contributed by atoms with van der Waals surface area (Å²) < 4.78 is 17.0. The van der Waals surface area contributed by atoms with Gasteiger partial charge in [0.1, 0.15) is 17.6 Å². The van der Waals surface area contributed by atoms with Crippen LogP contribution in [0.1, 0.15) is 40.3 Å². The van der Waals surface area contributed by atoms with Crippen LogP contribution in [0.5, 0.6) is 0 Å². The van der Waals surface area contributed by atoms with Crippen molar-refractivity contribution >= 4 is 5.65 Å². The van der Waals surface area contributed by atoms with Gasteiger partial charge in [0.15, 0.2) is 11.3 Å². The van der Waals surface area contributed by atoms with E-state index in [2.05, 4.69) is 46.5 Å². The van der Waals surface area contributed by atoms with Crippen LogP contribution >= 0.6 is 0 Å². The molecule has 0 unspecified atom stereocenters. The second kappa shape index (κ2) is 8.46. The molecule has 0 fully saturated rings. The molecule has 7 heteroatoms. The van der Waals surface area contributed by atoms with Crippen molar-refractivity contribution in [3.63, 3.8) is 0 Å². The van der Waals surface area contributed by atoms with Crippen LogP contribution in [0.4, 0.5) is 4.39 Å². The third-order valence-electron chi connectivity index (χ3n) is 4.32. The van der Waals surface area contributed by atoms with Gasteiger partial charge in [-0.3, -0.25) is 0 Å². The van der Waals surface area contributed by atoms with Gasteiger partial charge in [-0.25, -0.2) is 18.9 Å². The summed E-state index contributed by atoms with van der Waals surface area (Å²) in [5.74, 6) is -0.295. The molecule has 154 valence electrons. The molecule has 0 saturated heterocycles. The molecule has 0 aliphatic rings. The molecule has 4 rings (SSSR count). The molecule has 0 saturated carbocycles. The molecule has 0 aliphatic heterocycles. The molecule has 0 aliphatic carbocycles. The van der Waals surface area contributed by atoms with Gasteiger partial charge in [-0.2, -0.15) is 10.4 Å². The van der Waals surface area contributed by atoms with Crippen molar-refractivity contribution in [1.29, 1.82) is 5.26 Å². The largest absolute Gasteiger partial charge is 0.328 e. The van der Waals surface area contributed by atoms with E-state index in [1.165, 1.54) is 22.8 Å². The van der Waals surface area contributed by atoms with Crippen molar-refractivity contribution in [2.75, 3.05) is 0 Å². The fourth-order valence-electron chi connectivity index (χ4n) is 3.18. The first kappa shape index (κ1) is 21.2. The Labute approximate surface area is 175 Å². The predicted molar refractivity (Wildman–Crippen MR) is 115 cm³/mol. The van der Waals surface area contributed by atoms with E-state index in [9.17, 15) is 9.65 Å². The lowest BCUT2D eigenvalue weighted by atomic mass is 9.96. The topological polar surface area (TPSA) is 71.8 Å². The highest BCUT2D eigenvalue weighted by molar-refractivity contribution is 5.77. The maximum absolute atomic E-state index is 13.4. The SMILES string of the molecule is CC.CC(C)(C)Cn1cnc(-c2ccc(F)cc2)c1-c1ccc2ncc(C#N)n2n1. The highest BCUT2D eigenvalue weighted by Crippen LogP contribution is 2.32. The van der Waals surface area contributed by atoms with Crippen LogP contribution in [0.25, 0.3) is 28.3 Å². The number of aromatic nitrogens is 5. The monoisotopic (exact) mass is 404 g/mol. The zero-order valence-corrected chi connectivity index (χ0v) is 17.9. The van der Waals surface area contributed by atoms with Crippen LogP contribution in [0, 0.1) is 22.6 Å². The summed E-state index contributed by atoms with van der Waals surface area (Å²) in [5, 5.41) is 13.9. The van der Waals surface area contributed by atoms with Crippen molar-refractivity contribution in [2.45, 2.75) is 41.2 Å². The van der Waals surface area contributed by atoms with Crippen molar-refractivity contribution in [1.82, 2.24) is 24.1 Å². The van der Waals surface area contributed by atoms with Crippen LogP contribution in [0.2, 0.25) is 0 Å². The number of hydrogen-bond acceptors (Lipinski definition) is 4. The average Bonchev–Trinajstić information content (AvgIpc) is 3.32. The summed E-state index contributed by atoms with van der Waals surface area (Å²) in [6.07, 6.45) is 3.28. The zero-order valence-electron chi connectivity index (χ0n) is 17.9. The molecule has 1 aromatic carbocycles. The maximum atomic E-state index is 13.4. The molecule has 0 spiro atoms. The fourth-order valence-corrected chi connectivity index (χ4v) is 3.18. The lowest BCUT2D eigenvalue weighted by Gasteiger charge is -2.20. The maximum Gasteiger partial charge on any atom is 0.162 e. The first-order valence-corrected chi connectivity index (χ1v) is 9.92. The Morgan fingerprint density at radius 2 is 1.73 bits per heavy atom. The van der Waals surface area contributed by atoms with Crippen LogP contribution in [-0.2, 0) is 6.54 Å². The van der Waals surface area contributed by atoms with Gasteiger partial charge in [0.25, 0.3) is 0 Å². The molecule has 3 aromatic heterocycles. The lowest BCUT2D eigenvalue weighted by Crippen LogP contribution is -2.16. The predicted octanol–water partition coefficient (Wildman–Crippen LogP) is 5.34. The summed E-state index contributed by atoms with van der Waals surface area (Å²) >= 11 is 0. The van der Waals surface area contributed by atoms with E-state index < -0.39 is 0 Å². The van der Waals surface area contributed by atoms with E-state index in [1.807, 2.05) is 26.0 Å². The molecule has 0 amide bonds. The first-order chi connectivity index (χ1) is 14.4. The summed E-state index contributed by atoms with van der Waals surface area (Å²) in [7, 11) is 0. The van der Waals surface area contributed by atoms with Crippen molar-refractivity contribution in [3.8, 4) is 28.7 Å². The Kier molecular flexibility index (Phi) is 5.97. The van der Waals surface area contributed by atoms with Crippen LogP contribution in [-0.4, -0.2) is 24.1 Å². The Morgan fingerprint density at radius 1 is 1.03 bits per heavy atom. The molecule has 0 atom stereocenters. The van der Waals surface area contributed by atoms with E-state index in [0.29, 0.717) is 17.0 Å². The number of benzene rings is 1. The Balaban J connectivity index is 0.00000124. The van der Waals surface area contributed by atoms with Crippen LogP contribution in [0.3, 0.4) is 0 Å². The Hall–Kier alpha value is -3.53. The highest BCUT2D eigenvalue weighted by Gasteiger charge is 2.21. The molecule has 4 aromatic rings. The van der Waals surface area contributed by atoms with Crippen molar-refractivity contribution in [3.05, 3.63) is 60.4 Å². The minimum Gasteiger partial charge on any atom is -0.328 e. The van der Waals surface area contributed by atoms with Crippen molar-refractivity contribution in [2.24, 2.45) is 5.41 Å². The van der Waals surface area contributed by atoms with E-state index in [0.717, 1.165) is 23.5 Å².